The second kappa shape index (κ2) is 8.67. The van der Waals surface area contributed by atoms with Gasteiger partial charge < -0.3 is 14.4 Å². The summed E-state index contributed by atoms with van der Waals surface area (Å²) in [4.78, 5) is 22.1. The van der Waals surface area contributed by atoms with Gasteiger partial charge >= 0.3 is 5.97 Å². The van der Waals surface area contributed by atoms with Crippen LogP contribution < -0.4 is 4.90 Å². The zero-order valence-corrected chi connectivity index (χ0v) is 17.7. The molecule has 8 heteroatoms. The molecular weight excluding hydrogens is 370 g/mol. The molecule has 4 rings (SSSR count). The summed E-state index contributed by atoms with van der Waals surface area (Å²) >= 11 is 0. The number of anilines is 1. The Kier molecular flexibility index (Phi) is 6.01. The summed E-state index contributed by atoms with van der Waals surface area (Å²) < 4.78 is 12.6. The van der Waals surface area contributed by atoms with E-state index in [-0.39, 0.29) is 5.97 Å². The van der Waals surface area contributed by atoms with Gasteiger partial charge in [0.05, 0.1) is 36.6 Å². The van der Waals surface area contributed by atoms with Crippen LogP contribution in [-0.2, 0) is 16.5 Å². The lowest BCUT2D eigenvalue weighted by molar-refractivity contribution is 0.0296. The minimum absolute atomic E-state index is 0.310. The number of carbonyl (C=O) groups excluding carboxylic acids is 1. The van der Waals surface area contributed by atoms with Crippen molar-refractivity contribution in [3.8, 4) is 0 Å². The summed E-state index contributed by atoms with van der Waals surface area (Å²) in [6.07, 6.45) is 3.98. The number of hydrogen-bond acceptors (Lipinski definition) is 7. The maximum absolute atomic E-state index is 12.7. The summed E-state index contributed by atoms with van der Waals surface area (Å²) in [5, 5.41) is 5.52. The lowest BCUT2D eigenvalue weighted by atomic mass is 9.95. The molecule has 158 valence electrons. The molecule has 1 unspecified atom stereocenters. The van der Waals surface area contributed by atoms with Crippen LogP contribution in [0, 0.1) is 12.8 Å². The first-order valence-corrected chi connectivity index (χ1v) is 10.6. The van der Waals surface area contributed by atoms with E-state index < -0.39 is 0 Å². The Morgan fingerprint density at radius 3 is 2.86 bits per heavy atom. The van der Waals surface area contributed by atoms with E-state index >= 15 is 0 Å². The average molecular weight is 402 g/mol. The number of hydrogen-bond donors (Lipinski definition) is 0. The molecule has 0 aliphatic carbocycles. The molecule has 8 nitrogen and oxygen atoms in total. The van der Waals surface area contributed by atoms with Gasteiger partial charge in [0.2, 0.25) is 0 Å². The van der Waals surface area contributed by atoms with E-state index in [1.807, 2.05) is 20.9 Å². The first kappa shape index (κ1) is 20.1. The van der Waals surface area contributed by atoms with Crippen molar-refractivity contribution < 1.29 is 14.3 Å². The minimum Gasteiger partial charge on any atom is -0.462 e. The van der Waals surface area contributed by atoms with Gasteiger partial charge in [0.1, 0.15) is 5.56 Å². The number of rotatable bonds is 5. The summed E-state index contributed by atoms with van der Waals surface area (Å²) in [6, 6.07) is 0. The Hall–Kier alpha value is -2.19. The van der Waals surface area contributed by atoms with Crippen molar-refractivity contribution >= 4 is 22.7 Å². The largest absolute Gasteiger partial charge is 0.462 e. The topological polar surface area (TPSA) is 72.7 Å². The Balaban J connectivity index is 1.67. The molecule has 4 heterocycles. The molecule has 29 heavy (non-hydrogen) atoms. The van der Waals surface area contributed by atoms with Gasteiger partial charge in [0.15, 0.2) is 5.65 Å². The highest BCUT2D eigenvalue weighted by molar-refractivity contribution is 6.05. The number of fused-ring (bicyclic) bond motifs is 1. The summed E-state index contributed by atoms with van der Waals surface area (Å²) in [5.41, 5.74) is 3.18. The molecular formula is C21H31N5O3. The smallest absolute Gasteiger partial charge is 0.341 e. The molecule has 0 saturated carbocycles. The van der Waals surface area contributed by atoms with Crippen molar-refractivity contribution in [1.29, 1.82) is 0 Å². The first-order valence-electron chi connectivity index (χ1n) is 10.6. The lowest BCUT2D eigenvalue weighted by Gasteiger charge is -2.38. The maximum Gasteiger partial charge on any atom is 0.341 e. The third-order valence-corrected chi connectivity index (χ3v) is 5.95. The van der Waals surface area contributed by atoms with Gasteiger partial charge in [-0.1, -0.05) is 0 Å². The molecule has 2 aliphatic rings. The van der Waals surface area contributed by atoms with Gasteiger partial charge in [-0.05, 0) is 32.6 Å². The quantitative estimate of drug-likeness (QED) is 0.710. The van der Waals surface area contributed by atoms with Crippen molar-refractivity contribution in [2.45, 2.75) is 26.7 Å². The van der Waals surface area contributed by atoms with Gasteiger partial charge in [0.25, 0.3) is 0 Å². The number of esters is 1. The molecule has 0 N–H and O–H groups in total. The van der Waals surface area contributed by atoms with E-state index in [2.05, 4.69) is 19.9 Å². The normalized spacial score (nSPS) is 20.9. The molecule has 2 fully saturated rings. The van der Waals surface area contributed by atoms with Crippen LogP contribution in [0.3, 0.4) is 0 Å². The van der Waals surface area contributed by atoms with Crippen molar-refractivity contribution in [3.63, 3.8) is 0 Å². The fourth-order valence-corrected chi connectivity index (χ4v) is 4.65. The fraction of sp³-hybridized carbons (Fsp3) is 0.667. The molecule has 0 radical (unpaired) electrons. The number of ether oxygens (including phenoxy) is 2. The van der Waals surface area contributed by atoms with E-state index in [1.165, 1.54) is 6.42 Å². The van der Waals surface area contributed by atoms with Crippen LogP contribution in [0.25, 0.3) is 11.0 Å². The SMILES string of the molecule is CCOC(=O)c1cnc2c(c(C)nn2C)c1N1CCCC(CN2CCOCC2)C1. The molecule has 2 saturated heterocycles. The van der Waals surface area contributed by atoms with Gasteiger partial charge in [-0.2, -0.15) is 5.10 Å². The molecule has 0 spiro atoms. The monoisotopic (exact) mass is 401 g/mol. The first-order chi connectivity index (χ1) is 14.1. The van der Waals surface area contributed by atoms with Crippen LogP contribution in [0.4, 0.5) is 5.69 Å². The molecule has 0 amide bonds. The highest BCUT2D eigenvalue weighted by Crippen LogP contribution is 2.35. The van der Waals surface area contributed by atoms with Crippen LogP contribution in [0.1, 0.15) is 35.8 Å². The lowest BCUT2D eigenvalue weighted by Crippen LogP contribution is -2.45. The standard InChI is InChI=1S/C21H31N5O3/c1-4-29-21(27)17-12-22-20-18(15(2)23-24(20)3)19(17)26-7-5-6-16(14-26)13-25-8-10-28-11-9-25/h12,16H,4-11,13-14H2,1-3H3. The molecule has 0 bridgehead atoms. The Bertz CT molecular complexity index is 875. The number of piperidine rings is 1. The maximum atomic E-state index is 12.7. The van der Waals surface area contributed by atoms with E-state index in [0.29, 0.717) is 18.1 Å². The summed E-state index contributed by atoms with van der Waals surface area (Å²) in [7, 11) is 1.90. The highest BCUT2D eigenvalue weighted by Gasteiger charge is 2.29. The number of morpholine rings is 1. The van der Waals surface area contributed by atoms with Gasteiger partial charge in [-0.25, -0.2) is 9.78 Å². The van der Waals surface area contributed by atoms with Crippen molar-refractivity contribution in [2.75, 3.05) is 57.4 Å². The molecule has 0 aromatic carbocycles. The molecule has 2 aliphatic heterocycles. The second-order valence-electron chi connectivity index (χ2n) is 8.02. The van der Waals surface area contributed by atoms with E-state index in [9.17, 15) is 4.79 Å². The zero-order valence-electron chi connectivity index (χ0n) is 17.7. The third-order valence-electron chi connectivity index (χ3n) is 5.95. The average Bonchev–Trinajstić information content (AvgIpc) is 3.02. The van der Waals surface area contributed by atoms with Crippen LogP contribution in [0.2, 0.25) is 0 Å². The molecule has 2 aromatic rings. The van der Waals surface area contributed by atoms with Crippen LogP contribution in [-0.4, -0.2) is 78.2 Å². The van der Waals surface area contributed by atoms with Crippen LogP contribution in [0.15, 0.2) is 6.20 Å². The van der Waals surface area contributed by atoms with Gasteiger partial charge in [0, 0.05) is 46.0 Å². The third kappa shape index (κ3) is 4.09. The Labute approximate surface area is 171 Å². The Morgan fingerprint density at radius 1 is 1.31 bits per heavy atom. The number of pyridine rings is 1. The molecule has 1 atom stereocenters. The summed E-state index contributed by atoms with van der Waals surface area (Å²) in [5.74, 6) is 0.257. The van der Waals surface area contributed by atoms with Crippen LogP contribution in [0.5, 0.6) is 0 Å². The van der Waals surface area contributed by atoms with Gasteiger partial charge in [-0.15, -0.1) is 0 Å². The fourth-order valence-electron chi connectivity index (χ4n) is 4.65. The van der Waals surface area contributed by atoms with Crippen LogP contribution >= 0.6 is 0 Å². The molecule has 2 aromatic heterocycles. The van der Waals surface area contributed by atoms with Crippen molar-refractivity contribution in [3.05, 3.63) is 17.5 Å². The number of carbonyl (C=O) groups is 1. The number of aryl methyl sites for hydroxylation is 2. The van der Waals surface area contributed by atoms with Gasteiger partial charge in [-0.3, -0.25) is 9.58 Å². The van der Waals surface area contributed by atoms with Crippen molar-refractivity contribution in [2.24, 2.45) is 13.0 Å². The second-order valence-corrected chi connectivity index (χ2v) is 8.02. The number of nitrogens with zero attached hydrogens (tertiary/aromatic N) is 5. The predicted octanol–water partition coefficient (Wildman–Crippen LogP) is 2.00. The minimum atomic E-state index is -0.310. The summed E-state index contributed by atoms with van der Waals surface area (Å²) in [6.45, 7) is 10.8. The van der Waals surface area contributed by atoms with E-state index in [0.717, 1.165) is 74.8 Å². The Morgan fingerprint density at radius 2 is 2.10 bits per heavy atom. The zero-order chi connectivity index (χ0) is 20.4. The van der Waals surface area contributed by atoms with Crippen molar-refractivity contribution in [1.82, 2.24) is 19.7 Å². The predicted molar refractivity (Wildman–Crippen MR) is 111 cm³/mol. The number of aromatic nitrogens is 3. The van der Waals surface area contributed by atoms with E-state index in [4.69, 9.17) is 9.47 Å². The highest BCUT2D eigenvalue weighted by atomic mass is 16.5. The van der Waals surface area contributed by atoms with E-state index in [1.54, 1.807) is 10.9 Å².